The van der Waals surface area contributed by atoms with E-state index in [1.165, 1.54) is 37.9 Å². The zero-order valence-corrected chi connectivity index (χ0v) is 12.0. The third kappa shape index (κ3) is 1.58. The Bertz CT molecular complexity index is 1040. The molecule has 0 amide bonds. The largest absolute Gasteiger partial charge is 0.0622 e. The zero-order valence-electron chi connectivity index (χ0n) is 12.0. The molecule has 1 radical (unpaired) electrons. The predicted molar refractivity (Wildman–Crippen MR) is 94.4 cm³/mol. The fourth-order valence-electron chi connectivity index (χ4n) is 3.44. The minimum absolute atomic E-state index is 1.16. The van der Waals surface area contributed by atoms with Crippen LogP contribution in [0.4, 0.5) is 0 Å². The van der Waals surface area contributed by atoms with Crippen molar-refractivity contribution in [1.82, 2.24) is 0 Å². The van der Waals surface area contributed by atoms with Crippen molar-refractivity contribution in [3.63, 3.8) is 0 Å². The van der Waals surface area contributed by atoms with Gasteiger partial charge in [0.25, 0.3) is 0 Å². The third-order valence-corrected chi connectivity index (χ3v) is 4.46. The maximum absolute atomic E-state index is 3.60. The molecule has 0 fully saturated rings. The molecule has 5 rings (SSSR count). The molecule has 0 spiro atoms. The van der Waals surface area contributed by atoms with E-state index < -0.39 is 0 Å². The molecule has 0 aliphatic carbocycles. The average Bonchev–Trinajstić information content (AvgIpc) is 2.60. The van der Waals surface area contributed by atoms with Crippen LogP contribution in [0.2, 0.25) is 0 Å². The van der Waals surface area contributed by atoms with Crippen molar-refractivity contribution in [2.75, 3.05) is 0 Å². The monoisotopic (exact) mass is 277 g/mol. The molecule has 5 aromatic rings. The van der Waals surface area contributed by atoms with Crippen LogP contribution in [0.15, 0.2) is 78.9 Å². The Labute approximate surface area is 129 Å². The van der Waals surface area contributed by atoms with Gasteiger partial charge in [0, 0.05) is 0 Å². The second-order valence-corrected chi connectivity index (χ2v) is 5.77. The second-order valence-electron chi connectivity index (χ2n) is 5.77. The Hall–Kier alpha value is -2.86. The molecular formula is C22H13. The van der Waals surface area contributed by atoms with Gasteiger partial charge in [-0.05, 0) is 55.6 Å². The summed E-state index contributed by atoms with van der Waals surface area (Å²) in [5.74, 6) is 0. The van der Waals surface area contributed by atoms with Gasteiger partial charge in [-0.25, -0.2) is 0 Å². The molecule has 0 bridgehead atoms. The maximum Gasteiger partial charge on any atom is -0.00137 e. The highest BCUT2D eigenvalue weighted by Gasteiger charge is 2.09. The fourth-order valence-corrected chi connectivity index (χ4v) is 3.44. The van der Waals surface area contributed by atoms with Gasteiger partial charge in [-0.3, -0.25) is 0 Å². The average molecular weight is 277 g/mol. The van der Waals surface area contributed by atoms with Gasteiger partial charge in [-0.1, -0.05) is 72.8 Å². The summed E-state index contributed by atoms with van der Waals surface area (Å²) in [5, 5.41) is 7.77. The van der Waals surface area contributed by atoms with Crippen LogP contribution in [0.3, 0.4) is 0 Å². The van der Waals surface area contributed by atoms with Gasteiger partial charge >= 0.3 is 0 Å². The highest BCUT2D eigenvalue weighted by molar-refractivity contribution is 6.23. The van der Waals surface area contributed by atoms with E-state index in [4.69, 9.17) is 0 Å². The van der Waals surface area contributed by atoms with Crippen molar-refractivity contribution in [1.29, 1.82) is 0 Å². The van der Waals surface area contributed by atoms with E-state index in [-0.39, 0.29) is 0 Å². The van der Waals surface area contributed by atoms with Crippen molar-refractivity contribution < 1.29 is 0 Å². The van der Waals surface area contributed by atoms with Crippen molar-refractivity contribution in [2.24, 2.45) is 0 Å². The summed E-state index contributed by atoms with van der Waals surface area (Å²) in [5.41, 5.74) is 2.37. The van der Waals surface area contributed by atoms with Crippen LogP contribution in [-0.2, 0) is 0 Å². The smallest absolute Gasteiger partial charge is 0.00137 e. The predicted octanol–water partition coefficient (Wildman–Crippen LogP) is 6.05. The van der Waals surface area contributed by atoms with E-state index in [0.29, 0.717) is 0 Å². The summed E-state index contributed by atoms with van der Waals surface area (Å²) < 4.78 is 0. The summed E-state index contributed by atoms with van der Waals surface area (Å²) in [4.78, 5) is 0. The van der Waals surface area contributed by atoms with E-state index in [0.717, 1.165) is 5.56 Å². The lowest BCUT2D eigenvalue weighted by Crippen LogP contribution is -1.86. The molecule has 0 saturated heterocycles. The molecule has 0 heteroatoms. The molecule has 0 nitrogen and oxygen atoms in total. The fraction of sp³-hybridized carbons (Fsp3) is 0. The summed E-state index contributed by atoms with van der Waals surface area (Å²) in [7, 11) is 0. The normalized spacial score (nSPS) is 11.6. The van der Waals surface area contributed by atoms with Crippen molar-refractivity contribution in [3.05, 3.63) is 84.9 Å². The minimum atomic E-state index is 1.16. The van der Waals surface area contributed by atoms with Crippen molar-refractivity contribution >= 4 is 32.3 Å². The van der Waals surface area contributed by atoms with Gasteiger partial charge in [0.2, 0.25) is 0 Å². The van der Waals surface area contributed by atoms with Gasteiger partial charge in [0.05, 0.1) is 0 Å². The molecule has 0 aliphatic rings. The first kappa shape index (κ1) is 11.8. The third-order valence-electron chi connectivity index (χ3n) is 4.46. The van der Waals surface area contributed by atoms with E-state index in [1.807, 2.05) is 6.07 Å². The molecule has 0 N–H and O–H groups in total. The Kier molecular flexibility index (Phi) is 2.31. The van der Waals surface area contributed by atoms with E-state index >= 15 is 0 Å². The SMILES string of the molecule is [c]1c(-c2ccccc2)cc2ccc3cccc4ccc1c2c43. The highest BCUT2D eigenvalue weighted by Crippen LogP contribution is 2.36. The topological polar surface area (TPSA) is 0 Å². The molecule has 0 unspecified atom stereocenters. The summed E-state index contributed by atoms with van der Waals surface area (Å²) in [6.07, 6.45) is 0. The van der Waals surface area contributed by atoms with E-state index in [2.05, 4.69) is 78.9 Å². The molecule has 0 atom stereocenters. The summed E-state index contributed by atoms with van der Waals surface area (Å²) in [6, 6.07) is 31.7. The molecule has 0 aliphatic heterocycles. The van der Waals surface area contributed by atoms with E-state index in [9.17, 15) is 0 Å². The first-order valence-corrected chi connectivity index (χ1v) is 7.55. The maximum atomic E-state index is 3.60. The molecule has 0 aromatic heterocycles. The molecule has 5 aromatic carbocycles. The van der Waals surface area contributed by atoms with Crippen molar-refractivity contribution in [3.8, 4) is 11.1 Å². The summed E-state index contributed by atoms with van der Waals surface area (Å²) >= 11 is 0. The van der Waals surface area contributed by atoms with E-state index in [1.54, 1.807) is 0 Å². The van der Waals surface area contributed by atoms with Crippen LogP contribution >= 0.6 is 0 Å². The van der Waals surface area contributed by atoms with Gasteiger partial charge < -0.3 is 0 Å². The Morgan fingerprint density at radius 3 is 2.09 bits per heavy atom. The molecule has 22 heavy (non-hydrogen) atoms. The first-order chi connectivity index (χ1) is 10.9. The standard InChI is InChI=1S/C22H13/c1-2-5-15(6-3-1)20-13-18-11-9-16-7-4-8-17-10-12-19(14-20)22(18)21(16)17/h1-13H. The lowest BCUT2D eigenvalue weighted by Gasteiger charge is -2.12. The first-order valence-electron chi connectivity index (χ1n) is 7.55. The Morgan fingerprint density at radius 1 is 0.545 bits per heavy atom. The van der Waals surface area contributed by atoms with Gasteiger partial charge in [-0.2, -0.15) is 0 Å². The number of rotatable bonds is 1. The van der Waals surface area contributed by atoms with Crippen molar-refractivity contribution in [2.45, 2.75) is 0 Å². The second kappa shape index (κ2) is 4.32. The van der Waals surface area contributed by atoms with Crippen LogP contribution in [0.25, 0.3) is 43.4 Å². The van der Waals surface area contributed by atoms with Crippen LogP contribution in [0, 0.1) is 6.07 Å². The molecular weight excluding hydrogens is 264 g/mol. The van der Waals surface area contributed by atoms with Gasteiger partial charge in [-0.15, -0.1) is 0 Å². The number of hydrogen-bond donors (Lipinski definition) is 0. The number of benzene rings is 5. The molecule has 0 saturated carbocycles. The Balaban J connectivity index is 1.95. The lowest BCUT2D eigenvalue weighted by atomic mass is 9.91. The highest BCUT2D eigenvalue weighted by atomic mass is 14.1. The van der Waals surface area contributed by atoms with Crippen LogP contribution in [0.1, 0.15) is 0 Å². The quantitative estimate of drug-likeness (QED) is 0.327. The zero-order chi connectivity index (χ0) is 14.5. The lowest BCUT2D eigenvalue weighted by molar-refractivity contribution is 1.65. The minimum Gasteiger partial charge on any atom is -0.0622 e. The van der Waals surface area contributed by atoms with Gasteiger partial charge in [0.1, 0.15) is 0 Å². The Morgan fingerprint density at radius 2 is 1.27 bits per heavy atom. The van der Waals surface area contributed by atoms with Crippen LogP contribution in [0.5, 0.6) is 0 Å². The molecule has 0 heterocycles. The van der Waals surface area contributed by atoms with Crippen LogP contribution in [-0.4, -0.2) is 0 Å². The van der Waals surface area contributed by atoms with Gasteiger partial charge in [0.15, 0.2) is 0 Å². The molecule has 101 valence electrons. The summed E-state index contributed by atoms with van der Waals surface area (Å²) in [6.45, 7) is 0. The van der Waals surface area contributed by atoms with Crippen LogP contribution < -0.4 is 0 Å². The number of hydrogen-bond acceptors (Lipinski definition) is 0.